The largest absolute Gasteiger partial charge is 0.393 e. The van der Waals surface area contributed by atoms with Gasteiger partial charge in [0.25, 0.3) is 0 Å². The lowest BCUT2D eigenvalue weighted by Crippen LogP contribution is -2.28. The molecule has 1 aromatic rings. The number of aromatic nitrogens is 2. The SMILES string of the molecule is Cc1ccn(C2OC(CO)C=C2F)c(=O)n1. The van der Waals surface area contributed by atoms with E-state index in [0.29, 0.717) is 5.69 Å². The van der Waals surface area contributed by atoms with Crippen molar-refractivity contribution in [2.75, 3.05) is 6.61 Å². The quantitative estimate of drug-likeness (QED) is 0.787. The van der Waals surface area contributed by atoms with Crippen LogP contribution in [0.1, 0.15) is 11.9 Å². The van der Waals surface area contributed by atoms with Crippen LogP contribution in [0.4, 0.5) is 4.39 Å². The van der Waals surface area contributed by atoms with Gasteiger partial charge >= 0.3 is 5.69 Å². The Bertz CT molecular complexity index is 483. The summed E-state index contributed by atoms with van der Waals surface area (Å²) in [7, 11) is 0. The molecule has 86 valence electrons. The molecule has 6 heteroatoms. The third-order valence-corrected chi connectivity index (χ3v) is 2.29. The molecule has 1 aliphatic rings. The van der Waals surface area contributed by atoms with Crippen LogP contribution in [0, 0.1) is 6.92 Å². The molecule has 0 fully saturated rings. The maximum Gasteiger partial charge on any atom is 0.350 e. The third-order valence-electron chi connectivity index (χ3n) is 2.29. The van der Waals surface area contributed by atoms with Crippen LogP contribution in [-0.2, 0) is 4.74 Å². The predicted octanol–water partition coefficient (Wildman–Crippen LogP) is 0.295. The molecule has 2 unspecified atom stereocenters. The highest BCUT2D eigenvalue weighted by Crippen LogP contribution is 2.28. The van der Waals surface area contributed by atoms with E-state index in [9.17, 15) is 9.18 Å². The fraction of sp³-hybridized carbons (Fsp3) is 0.400. The first-order chi connectivity index (χ1) is 7.61. The zero-order valence-electron chi connectivity index (χ0n) is 8.63. The summed E-state index contributed by atoms with van der Waals surface area (Å²) in [5.74, 6) is -0.591. The summed E-state index contributed by atoms with van der Waals surface area (Å²) < 4.78 is 19.6. The molecule has 0 spiro atoms. The normalized spacial score (nSPS) is 24.6. The van der Waals surface area contributed by atoms with Gasteiger partial charge in [-0.15, -0.1) is 0 Å². The summed E-state index contributed by atoms with van der Waals surface area (Å²) in [5.41, 5.74) is -0.0190. The highest BCUT2D eigenvalue weighted by molar-refractivity contribution is 5.09. The topological polar surface area (TPSA) is 64.3 Å². The Labute approximate surface area is 90.8 Å². The Morgan fingerprint density at radius 1 is 1.69 bits per heavy atom. The number of aliphatic hydroxyl groups is 1. The minimum Gasteiger partial charge on any atom is -0.393 e. The highest BCUT2D eigenvalue weighted by atomic mass is 19.1. The summed E-state index contributed by atoms with van der Waals surface area (Å²) >= 11 is 0. The van der Waals surface area contributed by atoms with Crippen molar-refractivity contribution in [1.29, 1.82) is 0 Å². The second kappa shape index (κ2) is 4.15. The van der Waals surface area contributed by atoms with Gasteiger partial charge in [-0.05, 0) is 19.1 Å². The number of ether oxygens (including phenoxy) is 1. The van der Waals surface area contributed by atoms with Crippen LogP contribution in [0.3, 0.4) is 0 Å². The summed E-state index contributed by atoms with van der Waals surface area (Å²) in [6.45, 7) is 1.35. The van der Waals surface area contributed by atoms with Gasteiger partial charge in [-0.3, -0.25) is 4.57 Å². The van der Waals surface area contributed by atoms with E-state index in [1.54, 1.807) is 13.0 Å². The molecule has 5 nitrogen and oxygen atoms in total. The van der Waals surface area contributed by atoms with Crippen LogP contribution in [0.2, 0.25) is 0 Å². The van der Waals surface area contributed by atoms with Crippen molar-refractivity contribution in [2.45, 2.75) is 19.3 Å². The smallest absolute Gasteiger partial charge is 0.350 e. The standard InChI is InChI=1S/C10H11FN2O3/c1-6-2-3-13(10(15)12-6)9-8(11)4-7(5-14)16-9/h2-4,7,9,14H,5H2,1H3. The minimum absolute atomic E-state index is 0.321. The van der Waals surface area contributed by atoms with Gasteiger partial charge in [0.15, 0.2) is 6.23 Å². The monoisotopic (exact) mass is 226 g/mol. The van der Waals surface area contributed by atoms with Crippen LogP contribution < -0.4 is 5.69 Å². The Balaban J connectivity index is 2.33. The van der Waals surface area contributed by atoms with Crippen molar-refractivity contribution in [1.82, 2.24) is 9.55 Å². The maximum atomic E-state index is 13.4. The first kappa shape index (κ1) is 11.0. The van der Waals surface area contributed by atoms with Crippen molar-refractivity contribution in [3.8, 4) is 0 Å². The molecule has 0 bridgehead atoms. The molecule has 0 radical (unpaired) electrons. The fourth-order valence-electron chi connectivity index (χ4n) is 1.50. The van der Waals surface area contributed by atoms with Crippen LogP contribution in [0.5, 0.6) is 0 Å². The van der Waals surface area contributed by atoms with Gasteiger partial charge in [-0.1, -0.05) is 0 Å². The molecule has 0 amide bonds. The lowest BCUT2D eigenvalue weighted by molar-refractivity contribution is -0.0214. The molecule has 1 N–H and O–H groups in total. The van der Waals surface area contributed by atoms with Crippen molar-refractivity contribution < 1.29 is 14.2 Å². The second-order valence-electron chi connectivity index (χ2n) is 3.52. The maximum absolute atomic E-state index is 13.4. The molecule has 0 saturated heterocycles. The molecule has 1 aliphatic heterocycles. The third kappa shape index (κ3) is 1.89. The Hall–Kier alpha value is -1.53. The number of nitrogens with zero attached hydrogens (tertiary/aromatic N) is 2. The summed E-state index contributed by atoms with van der Waals surface area (Å²) in [4.78, 5) is 15.2. The second-order valence-corrected chi connectivity index (χ2v) is 3.52. The van der Waals surface area contributed by atoms with E-state index in [0.717, 1.165) is 10.6 Å². The zero-order valence-corrected chi connectivity index (χ0v) is 8.63. The first-order valence-corrected chi connectivity index (χ1v) is 4.81. The molecule has 0 saturated carbocycles. The zero-order chi connectivity index (χ0) is 11.7. The van der Waals surface area contributed by atoms with Gasteiger partial charge in [0.1, 0.15) is 11.9 Å². The van der Waals surface area contributed by atoms with Crippen LogP contribution >= 0.6 is 0 Å². The predicted molar refractivity (Wildman–Crippen MR) is 53.4 cm³/mol. The lowest BCUT2D eigenvalue weighted by Gasteiger charge is -2.15. The molecule has 2 heterocycles. The van der Waals surface area contributed by atoms with Gasteiger partial charge in [0, 0.05) is 11.9 Å². The van der Waals surface area contributed by atoms with Gasteiger partial charge in [0.2, 0.25) is 0 Å². The average Bonchev–Trinajstić information content (AvgIpc) is 2.60. The number of hydrogen-bond donors (Lipinski definition) is 1. The number of rotatable bonds is 2. The number of aliphatic hydroxyl groups excluding tert-OH is 1. The molecule has 1 aromatic heterocycles. The van der Waals surface area contributed by atoms with E-state index in [1.807, 2.05) is 0 Å². The van der Waals surface area contributed by atoms with Crippen LogP contribution in [0.15, 0.2) is 29.0 Å². The van der Waals surface area contributed by atoms with Crippen molar-refractivity contribution in [3.63, 3.8) is 0 Å². The van der Waals surface area contributed by atoms with Crippen molar-refractivity contribution in [3.05, 3.63) is 40.3 Å². The van der Waals surface area contributed by atoms with E-state index >= 15 is 0 Å². The average molecular weight is 226 g/mol. The lowest BCUT2D eigenvalue weighted by atomic mass is 10.3. The number of halogens is 1. The minimum atomic E-state index is -1.11. The summed E-state index contributed by atoms with van der Waals surface area (Å²) in [6, 6.07) is 1.59. The van der Waals surface area contributed by atoms with E-state index < -0.39 is 23.8 Å². The highest BCUT2D eigenvalue weighted by Gasteiger charge is 2.29. The van der Waals surface area contributed by atoms with Crippen molar-refractivity contribution in [2.24, 2.45) is 0 Å². The van der Waals surface area contributed by atoms with Gasteiger partial charge in [-0.25, -0.2) is 9.18 Å². The first-order valence-electron chi connectivity index (χ1n) is 4.81. The van der Waals surface area contributed by atoms with Gasteiger partial charge < -0.3 is 9.84 Å². The fourth-order valence-corrected chi connectivity index (χ4v) is 1.50. The van der Waals surface area contributed by atoms with E-state index in [2.05, 4.69) is 4.98 Å². The van der Waals surface area contributed by atoms with E-state index in [1.165, 1.54) is 6.20 Å². The van der Waals surface area contributed by atoms with E-state index in [-0.39, 0.29) is 6.61 Å². The number of aryl methyl sites for hydroxylation is 1. The Morgan fingerprint density at radius 3 is 3.00 bits per heavy atom. The Morgan fingerprint density at radius 2 is 2.44 bits per heavy atom. The molecule has 2 atom stereocenters. The molecular weight excluding hydrogens is 215 g/mol. The van der Waals surface area contributed by atoms with Crippen molar-refractivity contribution >= 4 is 0 Å². The number of hydrogen-bond acceptors (Lipinski definition) is 4. The van der Waals surface area contributed by atoms with E-state index in [4.69, 9.17) is 9.84 Å². The van der Waals surface area contributed by atoms with Gasteiger partial charge in [-0.2, -0.15) is 4.98 Å². The molecular formula is C10H11FN2O3. The van der Waals surface area contributed by atoms with Crippen LogP contribution in [0.25, 0.3) is 0 Å². The summed E-state index contributed by atoms with van der Waals surface area (Å²) in [5, 5.41) is 8.82. The molecule has 0 aliphatic carbocycles. The van der Waals surface area contributed by atoms with Crippen LogP contribution in [-0.4, -0.2) is 27.4 Å². The molecule has 0 aromatic carbocycles. The molecule has 2 rings (SSSR count). The summed E-state index contributed by atoms with van der Waals surface area (Å²) in [6.07, 6.45) is 0.746. The van der Waals surface area contributed by atoms with Gasteiger partial charge in [0.05, 0.1) is 6.61 Å². The Kier molecular flexibility index (Phi) is 2.84. The molecule has 16 heavy (non-hydrogen) atoms.